The predicted octanol–water partition coefficient (Wildman–Crippen LogP) is 4.21. The molecule has 2 nitrogen and oxygen atoms in total. The zero-order valence-corrected chi connectivity index (χ0v) is 13.4. The van der Waals surface area contributed by atoms with E-state index in [1.54, 1.807) is 7.11 Å². The number of hydrogen-bond acceptors (Lipinski definition) is 2. The van der Waals surface area contributed by atoms with Gasteiger partial charge in [-0.1, -0.05) is 42.8 Å². The summed E-state index contributed by atoms with van der Waals surface area (Å²) in [5.74, 6) is 0.918. The van der Waals surface area contributed by atoms with Crippen LogP contribution in [0.3, 0.4) is 0 Å². The molecule has 2 rings (SSSR count). The van der Waals surface area contributed by atoms with Gasteiger partial charge in [0, 0.05) is 6.04 Å². The van der Waals surface area contributed by atoms with Crippen molar-refractivity contribution < 1.29 is 4.74 Å². The van der Waals surface area contributed by atoms with E-state index in [1.807, 2.05) is 6.07 Å². The van der Waals surface area contributed by atoms with Crippen molar-refractivity contribution in [3.05, 3.63) is 64.7 Å². The highest BCUT2D eigenvalue weighted by Crippen LogP contribution is 2.25. The Balaban J connectivity index is 2.24. The maximum atomic E-state index is 5.30. The summed E-state index contributed by atoms with van der Waals surface area (Å²) < 4.78 is 5.30. The molecule has 0 aliphatic rings. The molecule has 0 saturated heterocycles. The van der Waals surface area contributed by atoms with Crippen LogP contribution in [0.1, 0.15) is 35.2 Å². The summed E-state index contributed by atoms with van der Waals surface area (Å²) in [6, 6.07) is 15.5. The lowest BCUT2D eigenvalue weighted by molar-refractivity contribution is 0.414. The van der Waals surface area contributed by atoms with Gasteiger partial charge in [0.25, 0.3) is 0 Å². The molecular weight excluding hydrogens is 258 g/mol. The Kier molecular flexibility index (Phi) is 5.40. The number of likely N-dealkylation sites (N-methyl/N-ethyl adjacent to an activating group) is 1. The molecule has 1 atom stereocenters. The van der Waals surface area contributed by atoms with Gasteiger partial charge in [-0.25, -0.2) is 0 Å². The lowest BCUT2D eigenvalue weighted by Gasteiger charge is -2.21. The number of aryl methyl sites for hydroxylation is 2. The van der Waals surface area contributed by atoms with Gasteiger partial charge in [-0.2, -0.15) is 0 Å². The van der Waals surface area contributed by atoms with E-state index in [2.05, 4.69) is 62.5 Å². The van der Waals surface area contributed by atoms with Gasteiger partial charge in [-0.3, -0.25) is 0 Å². The van der Waals surface area contributed by atoms with Gasteiger partial charge in [-0.05, 0) is 55.6 Å². The van der Waals surface area contributed by atoms with Crippen LogP contribution < -0.4 is 10.1 Å². The summed E-state index contributed by atoms with van der Waals surface area (Å²) in [5, 5.41) is 3.60. The van der Waals surface area contributed by atoms with Crippen LogP contribution in [0.5, 0.6) is 5.75 Å². The van der Waals surface area contributed by atoms with Crippen molar-refractivity contribution in [3.8, 4) is 5.75 Å². The molecule has 0 radical (unpaired) electrons. The molecule has 0 bridgehead atoms. The molecule has 1 unspecified atom stereocenters. The first-order chi connectivity index (χ1) is 10.1. The van der Waals surface area contributed by atoms with E-state index in [1.165, 1.54) is 22.3 Å². The van der Waals surface area contributed by atoms with Gasteiger partial charge < -0.3 is 10.1 Å². The average molecular weight is 283 g/mol. The highest BCUT2D eigenvalue weighted by molar-refractivity contribution is 5.37. The van der Waals surface area contributed by atoms with Crippen molar-refractivity contribution in [2.75, 3.05) is 13.7 Å². The summed E-state index contributed by atoms with van der Waals surface area (Å²) in [6.07, 6.45) is 1.00. The topological polar surface area (TPSA) is 21.3 Å². The van der Waals surface area contributed by atoms with Crippen LogP contribution in [0.25, 0.3) is 0 Å². The van der Waals surface area contributed by atoms with Crippen LogP contribution in [0.2, 0.25) is 0 Å². The summed E-state index contributed by atoms with van der Waals surface area (Å²) in [4.78, 5) is 0. The fourth-order valence-electron chi connectivity index (χ4n) is 2.66. The van der Waals surface area contributed by atoms with Crippen LogP contribution in [-0.2, 0) is 6.42 Å². The zero-order chi connectivity index (χ0) is 15.2. The first kappa shape index (κ1) is 15.6. The fraction of sp³-hybridized carbons (Fsp3) is 0.368. The van der Waals surface area contributed by atoms with Gasteiger partial charge in [0.2, 0.25) is 0 Å². The molecule has 2 aromatic carbocycles. The van der Waals surface area contributed by atoms with Crippen LogP contribution in [0.15, 0.2) is 42.5 Å². The predicted molar refractivity (Wildman–Crippen MR) is 89.0 cm³/mol. The molecule has 0 heterocycles. The van der Waals surface area contributed by atoms with Crippen LogP contribution in [0.4, 0.5) is 0 Å². The standard InChI is InChI=1S/C19H25NO/c1-5-20-19(13-16-8-6-14(2)7-9-16)18-11-10-17(21-4)12-15(18)3/h6-12,19-20H,5,13H2,1-4H3. The third-order valence-corrected chi connectivity index (χ3v) is 3.86. The molecule has 21 heavy (non-hydrogen) atoms. The average Bonchev–Trinajstić information content (AvgIpc) is 2.49. The number of rotatable bonds is 6. The Hall–Kier alpha value is -1.80. The second kappa shape index (κ2) is 7.28. The van der Waals surface area contributed by atoms with Crippen molar-refractivity contribution in [1.82, 2.24) is 5.32 Å². The number of hydrogen-bond donors (Lipinski definition) is 1. The van der Waals surface area contributed by atoms with Crippen molar-refractivity contribution in [3.63, 3.8) is 0 Å². The molecular formula is C19H25NO. The maximum Gasteiger partial charge on any atom is 0.119 e. The monoisotopic (exact) mass is 283 g/mol. The highest BCUT2D eigenvalue weighted by Gasteiger charge is 2.14. The molecule has 0 aromatic heterocycles. The van der Waals surface area contributed by atoms with E-state index >= 15 is 0 Å². The second-order valence-electron chi connectivity index (χ2n) is 5.52. The Morgan fingerprint density at radius 2 is 1.76 bits per heavy atom. The van der Waals surface area contributed by atoms with Gasteiger partial charge in [0.15, 0.2) is 0 Å². The Bertz CT molecular complexity index is 575. The van der Waals surface area contributed by atoms with Crippen molar-refractivity contribution in [2.24, 2.45) is 0 Å². The van der Waals surface area contributed by atoms with Gasteiger partial charge in [0.1, 0.15) is 5.75 Å². The minimum atomic E-state index is 0.337. The van der Waals surface area contributed by atoms with E-state index in [9.17, 15) is 0 Å². The minimum Gasteiger partial charge on any atom is -0.497 e. The molecule has 0 aliphatic carbocycles. The lowest BCUT2D eigenvalue weighted by atomic mass is 9.94. The second-order valence-corrected chi connectivity index (χ2v) is 5.52. The van der Waals surface area contributed by atoms with E-state index in [4.69, 9.17) is 4.74 Å². The third-order valence-electron chi connectivity index (χ3n) is 3.86. The van der Waals surface area contributed by atoms with Crippen molar-refractivity contribution in [2.45, 2.75) is 33.2 Å². The SMILES string of the molecule is CCNC(Cc1ccc(C)cc1)c1ccc(OC)cc1C. The lowest BCUT2D eigenvalue weighted by Crippen LogP contribution is -2.23. The van der Waals surface area contributed by atoms with Crippen molar-refractivity contribution in [1.29, 1.82) is 0 Å². The summed E-state index contributed by atoms with van der Waals surface area (Å²) in [7, 11) is 1.71. The van der Waals surface area contributed by atoms with Crippen LogP contribution in [-0.4, -0.2) is 13.7 Å². The largest absolute Gasteiger partial charge is 0.497 e. The van der Waals surface area contributed by atoms with Crippen LogP contribution >= 0.6 is 0 Å². The molecule has 0 saturated carbocycles. The van der Waals surface area contributed by atoms with E-state index in [-0.39, 0.29) is 0 Å². The summed E-state index contributed by atoms with van der Waals surface area (Å²) >= 11 is 0. The Labute approximate surface area is 128 Å². The molecule has 0 amide bonds. The molecule has 1 N–H and O–H groups in total. The molecule has 0 fully saturated rings. The smallest absolute Gasteiger partial charge is 0.119 e. The first-order valence-electron chi connectivity index (χ1n) is 7.57. The van der Waals surface area contributed by atoms with E-state index in [0.29, 0.717) is 6.04 Å². The normalized spacial score (nSPS) is 12.2. The summed E-state index contributed by atoms with van der Waals surface area (Å²) in [5.41, 5.74) is 5.28. The maximum absolute atomic E-state index is 5.30. The zero-order valence-electron chi connectivity index (χ0n) is 13.4. The molecule has 2 aromatic rings. The fourth-order valence-corrected chi connectivity index (χ4v) is 2.66. The molecule has 112 valence electrons. The molecule has 2 heteroatoms. The number of methoxy groups -OCH3 is 1. The number of ether oxygens (including phenoxy) is 1. The first-order valence-corrected chi connectivity index (χ1v) is 7.57. The van der Waals surface area contributed by atoms with Crippen molar-refractivity contribution >= 4 is 0 Å². The van der Waals surface area contributed by atoms with E-state index in [0.717, 1.165) is 18.7 Å². The quantitative estimate of drug-likeness (QED) is 0.857. The highest BCUT2D eigenvalue weighted by atomic mass is 16.5. The third kappa shape index (κ3) is 4.08. The molecule has 0 aliphatic heterocycles. The Morgan fingerprint density at radius 1 is 1.05 bits per heavy atom. The van der Waals surface area contributed by atoms with Gasteiger partial charge in [0.05, 0.1) is 7.11 Å². The summed E-state index contributed by atoms with van der Waals surface area (Å²) in [6.45, 7) is 7.39. The number of benzene rings is 2. The van der Waals surface area contributed by atoms with E-state index < -0.39 is 0 Å². The van der Waals surface area contributed by atoms with Crippen LogP contribution in [0, 0.1) is 13.8 Å². The Morgan fingerprint density at radius 3 is 2.33 bits per heavy atom. The minimum absolute atomic E-state index is 0.337. The van der Waals surface area contributed by atoms with Gasteiger partial charge >= 0.3 is 0 Å². The number of nitrogens with one attached hydrogen (secondary N) is 1. The molecule has 0 spiro atoms. The van der Waals surface area contributed by atoms with Gasteiger partial charge in [-0.15, -0.1) is 0 Å².